The Bertz CT molecular complexity index is 777. The fourth-order valence-corrected chi connectivity index (χ4v) is 2.59. The predicted molar refractivity (Wildman–Crippen MR) is 82.8 cm³/mol. The van der Waals surface area contributed by atoms with Gasteiger partial charge in [0.25, 0.3) is 0 Å². The second-order valence-electron chi connectivity index (χ2n) is 4.98. The van der Waals surface area contributed by atoms with E-state index in [2.05, 4.69) is 28.4 Å². The van der Waals surface area contributed by atoms with E-state index in [9.17, 15) is 0 Å². The molecule has 0 aliphatic heterocycles. The lowest BCUT2D eigenvalue weighted by atomic mass is 10.2. The van der Waals surface area contributed by atoms with E-state index in [0.29, 0.717) is 10.7 Å². The minimum absolute atomic E-state index is 0.235. The van der Waals surface area contributed by atoms with E-state index in [4.69, 9.17) is 17.3 Å². The maximum absolute atomic E-state index is 6.31. The van der Waals surface area contributed by atoms with Gasteiger partial charge in [-0.15, -0.1) is 0 Å². The van der Waals surface area contributed by atoms with E-state index >= 15 is 0 Å². The van der Waals surface area contributed by atoms with Crippen LogP contribution in [-0.2, 0) is 0 Å². The maximum atomic E-state index is 6.31. The van der Waals surface area contributed by atoms with Crippen LogP contribution >= 0.6 is 11.6 Å². The first kappa shape index (κ1) is 12.9. The van der Waals surface area contributed by atoms with Gasteiger partial charge in [-0.25, -0.2) is 9.97 Å². The number of benzene rings is 1. The molecule has 2 aromatic heterocycles. The standard InChI is InChI=1S/C15H15ClN4/c1-9(2)20-14(11-6-5-10(17)8-12(11)16)19-13-4-3-7-18-15(13)20/h3-9H,17H2,1-2H3. The first-order valence-electron chi connectivity index (χ1n) is 6.46. The highest BCUT2D eigenvalue weighted by molar-refractivity contribution is 6.33. The number of pyridine rings is 1. The number of imidazole rings is 1. The third kappa shape index (κ3) is 2.02. The van der Waals surface area contributed by atoms with Crippen LogP contribution in [0.15, 0.2) is 36.5 Å². The van der Waals surface area contributed by atoms with Crippen molar-refractivity contribution in [1.82, 2.24) is 14.5 Å². The molecule has 3 aromatic rings. The smallest absolute Gasteiger partial charge is 0.160 e. The van der Waals surface area contributed by atoms with Gasteiger partial charge < -0.3 is 10.3 Å². The van der Waals surface area contributed by atoms with Crippen LogP contribution in [0.1, 0.15) is 19.9 Å². The van der Waals surface area contributed by atoms with Gasteiger partial charge in [0.05, 0.1) is 5.02 Å². The first-order chi connectivity index (χ1) is 9.58. The Morgan fingerprint density at radius 2 is 2.05 bits per heavy atom. The molecule has 0 saturated heterocycles. The lowest BCUT2D eigenvalue weighted by molar-refractivity contribution is 0.620. The van der Waals surface area contributed by atoms with Crippen molar-refractivity contribution in [2.24, 2.45) is 0 Å². The number of rotatable bonds is 2. The monoisotopic (exact) mass is 286 g/mol. The predicted octanol–water partition coefficient (Wildman–Crippen LogP) is 3.91. The van der Waals surface area contributed by atoms with E-state index in [1.165, 1.54) is 0 Å². The molecule has 5 heteroatoms. The molecule has 0 atom stereocenters. The number of anilines is 1. The number of aromatic nitrogens is 3. The summed E-state index contributed by atoms with van der Waals surface area (Å²) in [5.74, 6) is 0.818. The average Bonchev–Trinajstić information content (AvgIpc) is 2.77. The number of hydrogen-bond donors (Lipinski definition) is 1. The van der Waals surface area contributed by atoms with E-state index in [1.54, 1.807) is 12.3 Å². The van der Waals surface area contributed by atoms with Crippen LogP contribution in [0.3, 0.4) is 0 Å². The molecule has 0 aliphatic rings. The zero-order valence-electron chi connectivity index (χ0n) is 11.3. The number of nitrogens with zero attached hydrogens (tertiary/aromatic N) is 3. The summed E-state index contributed by atoms with van der Waals surface area (Å²) >= 11 is 6.31. The second kappa shape index (κ2) is 4.80. The summed E-state index contributed by atoms with van der Waals surface area (Å²) in [7, 11) is 0. The molecule has 1 aromatic carbocycles. The molecule has 0 saturated carbocycles. The molecule has 2 heterocycles. The summed E-state index contributed by atoms with van der Waals surface area (Å²) in [6, 6.07) is 9.55. The molecule has 4 nitrogen and oxygen atoms in total. The van der Waals surface area contributed by atoms with Gasteiger partial charge in [0.15, 0.2) is 5.65 Å². The van der Waals surface area contributed by atoms with Crippen LogP contribution in [0.5, 0.6) is 0 Å². The highest BCUT2D eigenvalue weighted by Crippen LogP contribution is 2.32. The molecule has 0 spiro atoms. The topological polar surface area (TPSA) is 56.7 Å². The van der Waals surface area contributed by atoms with Crippen LogP contribution < -0.4 is 5.73 Å². The van der Waals surface area contributed by atoms with Crippen LogP contribution in [0, 0.1) is 0 Å². The molecule has 0 radical (unpaired) electrons. The summed E-state index contributed by atoms with van der Waals surface area (Å²) < 4.78 is 2.09. The number of nitrogens with two attached hydrogens (primary N) is 1. The third-order valence-electron chi connectivity index (χ3n) is 3.20. The largest absolute Gasteiger partial charge is 0.399 e. The highest BCUT2D eigenvalue weighted by Gasteiger charge is 2.17. The van der Waals surface area contributed by atoms with Gasteiger partial charge in [-0.2, -0.15) is 0 Å². The minimum atomic E-state index is 0.235. The molecule has 20 heavy (non-hydrogen) atoms. The maximum Gasteiger partial charge on any atom is 0.160 e. The molecule has 102 valence electrons. The number of halogens is 1. The van der Waals surface area contributed by atoms with Crippen molar-refractivity contribution in [3.63, 3.8) is 0 Å². The Hall–Kier alpha value is -2.07. The Morgan fingerprint density at radius 1 is 1.25 bits per heavy atom. The summed E-state index contributed by atoms with van der Waals surface area (Å²) in [6.45, 7) is 4.20. The Morgan fingerprint density at radius 3 is 2.75 bits per heavy atom. The van der Waals surface area contributed by atoms with Gasteiger partial charge in [-0.05, 0) is 44.2 Å². The van der Waals surface area contributed by atoms with Crippen molar-refractivity contribution in [2.75, 3.05) is 5.73 Å². The lowest BCUT2D eigenvalue weighted by Crippen LogP contribution is -2.04. The SMILES string of the molecule is CC(C)n1c(-c2ccc(N)cc2Cl)nc2cccnc21. The fourth-order valence-electron chi connectivity index (χ4n) is 2.32. The van der Waals surface area contributed by atoms with Crippen molar-refractivity contribution in [2.45, 2.75) is 19.9 Å². The Balaban J connectivity index is 2.32. The van der Waals surface area contributed by atoms with Crippen molar-refractivity contribution in [3.05, 3.63) is 41.6 Å². The minimum Gasteiger partial charge on any atom is -0.399 e. The van der Waals surface area contributed by atoms with Gasteiger partial charge in [0.2, 0.25) is 0 Å². The van der Waals surface area contributed by atoms with Gasteiger partial charge in [-0.3, -0.25) is 0 Å². The number of fused-ring (bicyclic) bond motifs is 1. The molecular weight excluding hydrogens is 272 g/mol. The zero-order valence-corrected chi connectivity index (χ0v) is 12.1. The van der Waals surface area contributed by atoms with E-state index < -0.39 is 0 Å². The number of nitrogen functional groups attached to an aromatic ring is 1. The molecule has 0 fully saturated rings. The van der Waals surface area contributed by atoms with E-state index in [0.717, 1.165) is 22.6 Å². The third-order valence-corrected chi connectivity index (χ3v) is 3.51. The van der Waals surface area contributed by atoms with Crippen LogP contribution in [0.25, 0.3) is 22.6 Å². The van der Waals surface area contributed by atoms with Crippen LogP contribution in [-0.4, -0.2) is 14.5 Å². The van der Waals surface area contributed by atoms with Gasteiger partial charge >= 0.3 is 0 Å². The quantitative estimate of drug-likeness (QED) is 0.727. The molecule has 0 bridgehead atoms. The van der Waals surface area contributed by atoms with Crippen molar-refractivity contribution < 1.29 is 0 Å². The molecule has 0 unspecified atom stereocenters. The Labute approximate surface area is 122 Å². The van der Waals surface area contributed by atoms with Gasteiger partial charge in [0.1, 0.15) is 11.3 Å². The Kier molecular flexibility index (Phi) is 3.10. The summed E-state index contributed by atoms with van der Waals surface area (Å²) in [5, 5.41) is 0.599. The molecule has 2 N–H and O–H groups in total. The molecular formula is C15H15ClN4. The van der Waals surface area contributed by atoms with Crippen molar-refractivity contribution in [1.29, 1.82) is 0 Å². The van der Waals surface area contributed by atoms with E-state index in [-0.39, 0.29) is 6.04 Å². The molecule has 0 amide bonds. The van der Waals surface area contributed by atoms with E-state index in [1.807, 2.05) is 24.3 Å². The van der Waals surface area contributed by atoms with Gasteiger partial charge in [0, 0.05) is 23.5 Å². The van der Waals surface area contributed by atoms with Crippen LogP contribution in [0.2, 0.25) is 5.02 Å². The summed E-state index contributed by atoms with van der Waals surface area (Å²) in [5.41, 5.74) is 9.00. The van der Waals surface area contributed by atoms with Crippen molar-refractivity contribution in [3.8, 4) is 11.4 Å². The van der Waals surface area contributed by atoms with Crippen molar-refractivity contribution >= 4 is 28.5 Å². The molecule has 0 aliphatic carbocycles. The highest BCUT2D eigenvalue weighted by atomic mass is 35.5. The number of hydrogen-bond acceptors (Lipinski definition) is 3. The molecule has 3 rings (SSSR count). The summed E-state index contributed by atoms with van der Waals surface area (Å²) in [6.07, 6.45) is 1.78. The summed E-state index contributed by atoms with van der Waals surface area (Å²) in [4.78, 5) is 9.10. The lowest BCUT2D eigenvalue weighted by Gasteiger charge is -2.13. The van der Waals surface area contributed by atoms with Gasteiger partial charge in [-0.1, -0.05) is 11.6 Å². The average molecular weight is 287 g/mol. The second-order valence-corrected chi connectivity index (χ2v) is 5.39. The fraction of sp³-hybridized carbons (Fsp3) is 0.200. The van der Waals surface area contributed by atoms with Crippen LogP contribution in [0.4, 0.5) is 5.69 Å². The zero-order chi connectivity index (χ0) is 14.3. The first-order valence-corrected chi connectivity index (χ1v) is 6.84. The normalized spacial score (nSPS) is 11.4.